The van der Waals surface area contributed by atoms with Gasteiger partial charge >= 0.3 is 0 Å². The predicted octanol–water partition coefficient (Wildman–Crippen LogP) is 4.37. The van der Waals surface area contributed by atoms with Gasteiger partial charge in [0.2, 0.25) is 5.88 Å². The number of pyridine rings is 1. The van der Waals surface area contributed by atoms with Crippen molar-refractivity contribution in [2.45, 2.75) is 19.7 Å². The van der Waals surface area contributed by atoms with E-state index in [1.54, 1.807) is 25.1 Å². The molecule has 0 radical (unpaired) electrons. The molecule has 0 aliphatic rings. The quantitative estimate of drug-likeness (QED) is 0.769. The number of rotatable bonds is 3. The lowest BCUT2D eigenvalue weighted by atomic mass is 10.2. The van der Waals surface area contributed by atoms with Gasteiger partial charge in [-0.15, -0.1) is 11.6 Å². The molecule has 0 spiro atoms. The molecule has 2 aromatic rings. The highest BCUT2D eigenvalue weighted by atomic mass is 35.5. The molecule has 0 fully saturated rings. The number of hydrogen-bond donors (Lipinski definition) is 0. The number of benzene rings is 1. The van der Waals surface area contributed by atoms with Crippen molar-refractivity contribution in [2.24, 2.45) is 0 Å². The molecule has 2 rings (SSSR count). The summed E-state index contributed by atoms with van der Waals surface area (Å²) in [5.74, 6) is 1.23. The molecule has 1 aromatic carbocycles. The zero-order valence-electron chi connectivity index (χ0n) is 10.2. The van der Waals surface area contributed by atoms with Crippen LogP contribution in [-0.2, 0) is 5.88 Å². The Labute approximate surface area is 110 Å². The van der Waals surface area contributed by atoms with Crippen molar-refractivity contribution in [2.75, 3.05) is 0 Å². The van der Waals surface area contributed by atoms with Crippen molar-refractivity contribution < 1.29 is 9.13 Å². The van der Waals surface area contributed by atoms with Gasteiger partial charge in [0, 0.05) is 17.6 Å². The number of halogens is 2. The smallest absolute Gasteiger partial charge is 0.219 e. The first kappa shape index (κ1) is 12.8. The highest BCUT2D eigenvalue weighted by molar-refractivity contribution is 6.17. The van der Waals surface area contributed by atoms with Gasteiger partial charge in [0.05, 0.1) is 0 Å². The van der Waals surface area contributed by atoms with Gasteiger partial charge in [0.25, 0.3) is 0 Å². The third-order valence-electron chi connectivity index (χ3n) is 2.67. The fourth-order valence-electron chi connectivity index (χ4n) is 1.57. The average Bonchev–Trinajstić information content (AvgIpc) is 2.34. The minimum absolute atomic E-state index is 0.246. The van der Waals surface area contributed by atoms with Crippen LogP contribution in [0.5, 0.6) is 11.6 Å². The number of ether oxygens (including phenoxy) is 1. The molecule has 0 amide bonds. The van der Waals surface area contributed by atoms with Gasteiger partial charge in [-0.3, -0.25) is 0 Å². The first-order chi connectivity index (χ1) is 8.60. The number of aromatic nitrogens is 1. The van der Waals surface area contributed by atoms with E-state index in [-0.39, 0.29) is 5.82 Å². The first-order valence-electron chi connectivity index (χ1n) is 5.56. The summed E-state index contributed by atoms with van der Waals surface area (Å²) in [5, 5.41) is 0. The van der Waals surface area contributed by atoms with Gasteiger partial charge in [-0.1, -0.05) is 6.07 Å². The largest absolute Gasteiger partial charge is 0.439 e. The van der Waals surface area contributed by atoms with Crippen LogP contribution in [0.4, 0.5) is 4.39 Å². The SMILES string of the molecule is Cc1cc(Oc2ccc(CCl)c(C)n2)ccc1F. The number of nitrogens with zero attached hydrogens (tertiary/aromatic N) is 1. The molecular formula is C14H13ClFNO. The molecule has 0 aliphatic carbocycles. The Balaban J connectivity index is 2.23. The highest BCUT2D eigenvalue weighted by Crippen LogP contribution is 2.23. The third kappa shape index (κ3) is 2.79. The summed E-state index contributed by atoms with van der Waals surface area (Å²) >= 11 is 5.76. The van der Waals surface area contributed by atoms with Crippen LogP contribution in [0.1, 0.15) is 16.8 Å². The maximum Gasteiger partial charge on any atom is 0.219 e. The van der Waals surface area contributed by atoms with E-state index in [0.717, 1.165) is 11.3 Å². The van der Waals surface area contributed by atoms with Crippen LogP contribution >= 0.6 is 11.6 Å². The average molecular weight is 266 g/mol. The van der Waals surface area contributed by atoms with Gasteiger partial charge in [0.1, 0.15) is 11.6 Å². The van der Waals surface area contributed by atoms with E-state index < -0.39 is 0 Å². The first-order valence-corrected chi connectivity index (χ1v) is 6.10. The Morgan fingerprint density at radius 2 is 2.00 bits per heavy atom. The number of alkyl halides is 1. The van der Waals surface area contributed by atoms with Crippen molar-refractivity contribution in [3.8, 4) is 11.6 Å². The van der Waals surface area contributed by atoms with Crippen LogP contribution in [0, 0.1) is 19.7 Å². The Bertz CT molecular complexity index is 572. The zero-order chi connectivity index (χ0) is 13.1. The Hall–Kier alpha value is -1.61. The lowest BCUT2D eigenvalue weighted by Gasteiger charge is -2.08. The Kier molecular flexibility index (Phi) is 3.82. The van der Waals surface area contributed by atoms with Gasteiger partial charge in [-0.25, -0.2) is 9.37 Å². The summed E-state index contributed by atoms with van der Waals surface area (Å²) in [4.78, 5) is 4.29. The third-order valence-corrected chi connectivity index (χ3v) is 2.95. The number of aryl methyl sites for hydroxylation is 2. The van der Waals surface area contributed by atoms with E-state index in [4.69, 9.17) is 16.3 Å². The lowest BCUT2D eigenvalue weighted by molar-refractivity contribution is 0.459. The molecule has 0 saturated heterocycles. The minimum atomic E-state index is -0.246. The van der Waals surface area contributed by atoms with E-state index in [2.05, 4.69) is 4.98 Å². The van der Waals surface area contributed by atoms with E-state index in [1.165, 1.54) is 6.07 Å². The van der Waals surface area contributed by atoms with Crippen LogP contribution in [0.15, 0.2) is 30.3 Å². The Morgan fingerprint density at radius 1 is 1.22 bits per heavy atom. The van der Waals surface area contributed by atoms with Gasteiger partial charge < -0.3 is 4.74 Å². The summed E-state index contributed by atoms with van der Waals surface area (Å²) in [6.07, 6.45) is 0. The van der Waals surface area contributed by atoms with Crippen LogP contribution in [0.3, 0.4) is 0 Å². The standard InChI is InChI=1S/C14H13ClFNO/c1-9-7-12(4-5-13(9)16)18-14-6-3-11(8-15)10(2)17-14/h3-7H,8H2,1-2H3. The molecule has 0 saturated carbocycles. The molecule has 0 aliphatic heterocycles. The summed E-state index contributed by atoms with van der Waals surface area (Å²) in [6, 6.07) is 8.23. The van der Waals surface area contributed by atoms with Gasteiger partial charge in [0.15, 0.2) is 0 Å². The van der Waals surface area contributed by atoms with E-state index >= 15 is 0 Å². The van der Waals surface area contributed by atoms with E-state index in [0.29, 0.717) is 23.1 Å². The van der Waals surface area contributed by atoms with Crippen LogP contribution in [0.2, 0.25) is 0 Å². The zero-order valence-corrected chi connectivity index (χ0v) is 11.0. The van der Waals surface area contributed by atoms with Crippen LogP contribution in [-0.4, -0.2) is 4.98 Å². The molecule has 0 N–H and O–H groups in total. The minimum Gasteiger partial charge on any atom is -0.439 e. The molecule has 1 aromatic heterocycles. The maximum atomic E-state index is 13.1. The van der Waals surface area contributed by atoms with Crippen molar-refractivity contribution in [1.29, 1.82) is 0 Å². The molecule has 18 heavy (non-hydrogen) atoms. The molecule has 0 bridgehead atoms. The number of hydrogen-bond acceptors (Lipinski definition) is 2. The van der Waals surface area contributed by atoms with Crippen LogP contribution in [0.25, 0.3) is 0 Å². The second kappa shape index (κ2) is 5.36. The molecule has 4 heteroatoms. The normalized spacial score (nSPS) is 10.4. The highest BCUT2D eigenvalue weighted by Gasteiger charge is 2.04. The van der Waals surface area contributed by atoms with Crippen molar-refractivity contribution in [1.82, 2.24) is 4.98 Å². The van der Waals surface area contributed by atoms with Crippen molar-refractivity contribution in [3.05, 3.63) is 53.0 Å². The summed E-state index contributed by atoms with van der Waals surface area (Å²) < 4.78 is 18.7. The molecule has 0 unspecified atom stereocenters. The molecular weight excluding hydrogens is 253 g/mol. The summed E-state index contributed by atoms with van der Waals surface area (Å²) in [5.41, 5.74) is 2.35. The second-order valence-electron chi connectivity index (χ2n) is 4.04. The summed E-state index contributed by atoms with van der Waals surface area (Å²) in [6.45, 7) is 3.57. The van der Waals surface area contributed by atoms with Crippen molar-refractivity contribution >= 4 is 11.6 Å². The summed E-state index contributed by atoms with van der Waals surface area (Å²) in [7, 11) is 0. The second-order valence-corrected chi connectivity index (χ2v) is 4.31. The Morgan fingerprint density at radius 3 is 2.61 bits per heavy atom. The lowest BCUT2D eigenvalue weighted by Crippen LogP contribution is -1.94. The maximum absolute atomic E-state index is 13.1. The topological polar surface area (TPSA) is 22.1 Å². The van der Waals surface area contributed by atoms with E-state index in [1.807, 2.05) is 13.0 Å². The van der Waals surface area contributed by atoms with Gasteiger partial charge in [-0.2, -0.15) is 0 Å². The predicted molar refractivity (Wildman–Crippen MR) is 69.7 cm³/mol. The fourth-order valence-corrected chi connectivity index (χ4v) is 1.85. The monoisotopic (exact) mass is 265 g/mol. The molecule has 0 atom stereocenters. The van der Waals surface area contributed by atoms with Crippen molar-refractivity contribution in [3.63, 3.8) is 0 Å². The molecule has 2 nitrogen and oxygen atoms in total. The molecule has 94 valence electrons. The fraction of sp³-hybridized carbons (Fsp3) is 0.214. The van der Waals surface area contributed by atoms with Gasteiger partial charge in [-0.05, 0) is 43.2 Å². The van der Waals surface area contributed by atoms with Crippen LogP contribution < -0.4 is 4.74 Å². The van der Waals surface area contributed by atoms with E-state index in [9.17, 15) is 4.39 Å². The molecule has 1 heterocycles.